The van der Waals surface area contributed by atoms with Gasteiger partial charge >= 0.3 is 5.97 Å². The van der Waals surface area contributed by atoms with Gasteiger partial charge in [-0.25, -0.2) is 19.4 Å². The standard InChI is InChI=1S/C13H12N4O2S/c1-3-19-13(18)9-5-16-17(6-9)11-10-4-8(2)20-12(10)15-7-14-11/h4-7H,3H2,1-2H3. The summed E-state index contributed by atoms with van der Waals surface area (Å²) in [4.78, 5) is 22.2. The van der Waals surface area contributed by atoms with Crippen LogP contribution < -0.4 is 0 Å². The van der Waals surface area contributed by atoms with E-state index in [9.17, 15) is 4.79 Å². The van der Waals surface area contributed by atoms with E-state index in [0.29, 0.717) is 18.0 Å². The van der Waals surface area contributed by atoms with Crippen molar-refractivity contribution in [3.8, 4) is 5.82 Å². The van der Waals surface area contributed by atoms with Crippen molar-refractivity contribution in [2.24, 2.45) is 0 Å². The average Bonchev–Trinajstić information content (AvgIpc) is 3.03. The van der Waals surface area contributed by atoms with E-state index in [2.05, 4.69) is 15.1 Å². The lowest BCUT2D eigenvalue weighted by molar-refractivity contribution is 0.0526. The van der Waals surface area contributed by atoms with Crippen molar-refractivity contribution in [2.45, 2.75) is 13.8 Å². The third kappa shape index (κ3) is 2.16. The third-order valence-corrected chi connectivity index (χ3v) is 3.70. The molecule has 0 amide bonds. The van der Waals surface area contributed by atoms with E-state index in [1.54, 1.807) is 29.1 Å². The largest absolute Gasteiger partial charge is 0.462 e. The van der Waals surface area contributed by atoms with Crippen molar-refractivity contribution in [3.05, 3.63) is 35.2 Å². The molecule has 0 radical (unpaired) electrons. The number of nitrogens with zero attached hydrogens (tertiary/aromatic N) is 4. The number of fused-ring (bicyclic) bond motifs is 1. The van der Waals surface area contributed by atoms with Crippen LogP contribution in [0, 0.1) is 6.92 Å². The SMILES string of the molecule is CCOC(=O)c1cnn(-c2ncnc3sc(C)cc23)c1. The normalized spacial score (nSPS) is 10.9. The van der Waals surface area contributed by atoms with Gasteiger partial charge in [0, 0.05) is 11.1 Å². The van der Waals surface area contributed by atoms with Gasteiger partial charge in [-0.1, -0.05) is 0 Å². The molecule has 3 aromatic heterocycles. The van der Waals surface area contributed by atoms with E-state index in [1.165, 1.54) is 12.5 Å². The molecule has 6 nitrogen and oxygen atoms in total. The highest BCUT2D eigenvalue weighted by molar-refractivity contribution is 7.18. The topological polar surface area (TPSA) is 69.9 Å². The molecule has 0 spiro atoms. The first-order valence-electron chi connectivity index (χ1n) is 6.12. The van der Waals surface area contributed by atoms with E-state index in [4.69, 9.17) is 4.74 Å². The highest BCUT2D eigenvalue weighted by atomic mass is 32.1. The number of esters is 1. The molecule has 0 aliphatic heterocycles. The fourth-order valence-electron chi connectivity index (χ4n) is 1.90. The number of ether oxygens (including phenoxy) is 1. The molecule has 0 fully saturated rings. The summed E-state index contributed by atoms with van der Waals surface area (Å²) in [7, 11) is 0. The van der Waals surface area contributed by atoms with E-state index in [1.807, 2.05) is 13.0 Å². The van der Waals surface area contributed by atoms with Gasteiger partial charge in [-0.2, -0.15) is 5.10 Å². The van der Waals surface area contributed by atoms with Gasteiger partial charge in [-0.15, -0.1) is 11.3 Å². The molecule has 0 aliphatic rings. The Morgan fingerprint density at radius 1 is 1.45 bits per heavy atom. The highest BCUT2D eigenvalue weighted by Gasteiger charge is 2.13. The van der Waals surface area contributed by atoms with Crippen LogP contribution in [0.5, 0.6) is 0 Å². The van der Waals surface area contributed by atoms with Crippen LogP contribution in [0.2, 0.25) is 0 Å². The minimum absolute atomic E-state index is 0.339. The van der Waals surface area contributed by atoms with Crippen LogP contribution in [0.25, 0.3) is 16.0 Å². The fraction of sp³-hybridized carbons (Fsp3) is 0.231. The van der Waals surface area contributed by atoms with Crippen molar-refractivity contribution >= 4 is 27.5 Å². The zero-order valence-corrected chi connectivity index (χ0v) is 11.8. The third-order valence-electron chi connectivity index (χ3n) is 2.74. The molecule has 3 heterocycles. The zero-order chi connectivity index (χ0) is 14.1. The molecule has 0 aliphatic carbocycles. The molecular formula is C13H12N4O2S. The van der Waals surface area contributed by atoms with Crippen molar-refractivity contribution in [1.82, 2.24) is 19.7 Å². The smallest absolute Gasteiger partial charge is 0.341 e. The van der Waals surface area contributed by atoms with Gasteiger partial charge < -0.3 is 4.74 Å². The molecule has 0 aromatic carbocycles. The van der Waals surface area contributed by atoms with Crippen molar-refractivity contribution in [3.63, 3.8) is 0 Å². The summed E-state index contributed by atoms with van der Waals surface area (Å²) in [5, 5.41) is 5.10. The Hall–Kier alpha value is -2.28. The van der Waals surface area contributed by atoms with Gasteiger partial charge in [0.2, 0.25) is 0 Å². The molecule has 0 bridgehead atoms. The molecule has 3 aromatic rings. The second-order valence-corrected chi connectivity index (χ2v) is 5.40. The zero-order valence-electron chi connectivity index (χ0n) is 11.0. The summed E-state index contributed by atoms with van der Waals surface area (Å²) < 4.78 is 6.52. The lowest BCUT2D eigenvalue weighted by Gasteiger charge is -2.00. The molecule has 0 saturated carbocycles. The first-order chi connectivity index (χ1) is 9.69. The summed E-state index contributed by atoms with van der Waals surface area (Å²) in [6.45, 7) is 4.12. The Bertz CT molecular complexity index is 778. The van der Waals surface area contributed by atoms with Gasteiger partial charge in [0.05, 0.1) is 23.8 Å². The lowest BCUT2D eigenvalue weighted by atomic mass is 10.3. The average molecular weight is 288 g/mol. The summed E-state index contributed by atoms with van der Waals surface area (Å²) in [5.41, 5.74) is 0.408. The summed E-state index contributed by atoms with van der Waals surface area (Å²) in [6, 6.07) is 2.01. The van der Waals surface area contributed by atoms with Gasteiger partial charge in [0.1, 0.15) is 11.2 Å². The van der Waals surface area contributed by atoms with E-state index >= 15 is 0 Å². The molecule has 0 N–H and O–H groups in total. The van der Waals surface area contributed by atoms with Crippen LogP contribution in [0.15, 0.2) is 24.8 Å². The maximum Gasteiger partial charge on any atom is 0.341 e. The summed E-state index contributed by atoms with van der Waals surface area (Å²) >= 11 is 1.60. The van der Waals surface area contributed by atoms with Gasteiger partial charge in [-0.3, -0.25) is 0 Å². The predicted octanol–water partition coefficient (Wildman–Crippen LogP) is 2.36. The summed E-state index contributed by atoms with van der Waals surface area (Å²) in [5.74, 6) is 0.278. The second kappa shape index (κ2) is 5.01. The number of hydrogen-bond donors (Lipinski definition) is 0. The highest BCUT2D eigenvalue weighted by Crippen LogP contribution is 2.26. The molecule has 0 saturated heterocycles. The Kier molecular flexibility index (Phi) is 3.19. The van der Waals surface area contributed by atoms with Gasteiger partial charge in [0.25, 0.3) is 0 Å². The Labute approximate surface area is 119 Å². The van der Waals surface area contributed by atoms with Crippen LogP contribution in [0.4, 0.5) is 0 Å². The number of carbonyl (C=O) groups excluding carboxylic acids is 1. The number of hydrogen-bond acceptors (Lipinski definition) is 6. The monoisotopic (exact) mass is 288 g/mol. The van der Waals surface area contributed by atoms with Crippen molar-refractivity contribution in [1.29, 1.82) is 0 Å². The van der Waals surface area contributed by atoms with Crippen molar-refractivity contribution < 1.29 is 9.53 Å². The van der Waals surface area contributed by atoms with E-state index in [0.717, 1.165) is 15.1 Å². The number of carbonyl (C=O) groups is 1. The van der Waals surface area contributed by atoms with Crippen LogP contribution in [0.3, 0.4) is 0 Å². The molecule has 0 atom stereocenters. The molecular weight excluding hydrogens is 276 g/mol. The maximum atomic E-state index is 11.7. The van der Waals surface area contributed by atoms with Crippen LogP contribution in [-0.2, 0) is 4.74 Å². The Morgan fingerprint density at radius 2 is 2.30 bits per heavy atom. The number of rotatable bonds is 3. The number of aromatic nitrogens is 4. The van der Waals surface area contributed by atoms with Crippen molar-refractivity contribution in [2.75, 3.05) is 6.61 Å². The maximum absolute atomic E-state index is 11.7. The first-order valence-corrected chi connectivity index (χ1v) is 6.94. The van der Waals surface area contributed by atoms with Crippen LogP contribution >= 0.6 is 11.3 Å². The number of thiophene rings is 1. The lowest BCUT2D eigenvalue weighted by Crippen LogP contribution is -2.03. The minimum atomic E-state index is -0.384. The van der Waals surface area contributed by atoms with E-state index < -0.39 is 0 Å². The van der Waals surface area contributed by atoms with Crippen LogP contribution in [-0.4, -0.2) is 32.3 Å². The quantitative estimate of drug-likeness (QED) is 0.692. The minimum Gasteiger partial charge on any atom is -0.462 e. The fourth-order valence-corrected chi connectivity index (χ4v) is 2.75. The Balaban J connectivity index is 2.05. The predicted molar refractivity (Wildman–Crippen MR) is 75.2 cm³/mol. The molecule has 102 valence electrons. The molecule has 3 rings (SSSR count). The van der Waals surface area contributed by atoms with Gasteiger partial charge in [-0.05, 0) is 19.9 Å². The number of aryl methyl sites for hydroxylation is 1. The van der Waals surface area contributed by atoms with Gasteiger partial charge in [0.15, 0.2) is 5.82 Å². The summed E-state index contributed by atoms with van der Waals surface area (Å²) in [6.07, 6.45) is 4.59. The molecule has 0 unspecified atom stereocenters. The first kappa shape index (κ1) is 12.7. The molecule has 7 heteroatoms. The second-order valence-electron chi connectivity index (χ2n) is 4.17. The Morgan fingerprint density at radius 3 is 3.10 bits per heavy atom. The van der Waals surface area contributed by atoms with E-state index in [-0.39, 0.29) is 5.97 Å². The van der Waals surface area contributed by atoms with Crippen LogP contribution in [0.1, 0.15) is 22.2 Å². The molecule has 20 heavy (non-hydrogen) atoms.